The van der Waals surface area contributed by atoms with E-state index >= 15 is 0 Å². The Kier molecular flexibility index (Phi) is 6.30. The summed E-state index contributed by atoms with van der Waals surface area (Å²) in [5.74, 6) is -2.39. The van der Waals surface area contributed by atoms with Gasteiger partial charge >= 0.3 is 5.92 Å². The minimum absolute atomic E-state index is 0.0967. The normalized spacial score (nSPS) is 22.5. The van der Waals surface area contributed by atoms with Gasteiger partial charge < -0.3 is 29.6 Å². The molecule has 0 unspecified atom stereocenters. The summed E-state index contributed by atoms with van der Waals surface area (Å²) in [6, 6.07) is 4.44. The molecule has 3 aromatic rings. The fourth-order valence-corrected chi connectivity index (χ4v) is 5.61. The Balaban J connectivity index is 1.38. The third kappa shape index (κ3) is 4.41. The van der Waals surface area contributed by atoms with E-state index in [1.807, 2.05) is 0 Å². The first kappa shape index (κ1) is 25.1. The van der Waals surface area contributed by atoms with Gasteiger partial charge in [-0.15, -0.1) is 0 Å². The van der Waals surface area contributed by atoms with E-state index in [2.05, 4.69) is 25.5 Å². The van der Waals surface area contributed by atoms with Crippen LogP contribution in [0.5, 0.6) is 5.75 Å². The molecule has 4 heterocycles. The predicted molar refractivity (Wildman–Crippen MR) is 142 cm³/mol. The van der Waals surface area contributed by atoms with Gasteiger partial charge in [0, 0.05) is 31.8 Å². The molecule has 0 radical (unpaired) electrons. The third-order valence-electron chi connectivity index (χ3n) is 7.60. The molecular formula is C26H29ClF2N6O3. The maximum Gasteiger partial charge on any atom is 0.301 e. The van der Waals surface area contributed by atoms with Crippen LogP contribution >= 0.6 is 11.6 Å². The smallest absolute Gasteiger partial charge is 0.301 e. The highest BCUT2D eigenvalue weighted by atomic mass is 35.5. The van der Waals surface area contributed by atoms with Crippen LogP contribution < -0.4 is 25.8 Å². The molecule has 3 aliphatic rings. The Bertz CT molecular complexity index is 1450. The topological polar surface area (TPSA) is 93.5 Å². The summed E-state index contributed by atoms with van der Waals surface area (Å²) in [6.45, 7) is 0.565. The molecule has 2 N–H and O–H groups in total. The average molecular weight is 547 g/mol. The molecule has 0 amide bonds. The number of aromatic nitrogens is 3. The number of ether oxygens (including phenoxy) is 2. The van der Waals surface area contributed by atoms with Crippen LogP contribution in [0.3, 0.4) is 0 Å². The summed E-state index contributed by atoms with van der Waals surface area (Å²) in [7, 11) is 3.28. The first-order valence-corrected chi connectivity index (χ1v) is 13.1. The lowest BCUT2D eigenvalue weighted by atomic mass is 10.0. The standard InChI is InChI=1S/C26H29ClF2N6O3/c1-34-19-8-7-15(31-23-18(27)11-30-25(33-23)35-9-3-4-16(35)12-37-2)10-17(19)20-21(24(34)36)38-13-26(28,29)22(32-20)14-5-6-14/h7-8,10-11,14,16,22,32H,3-6,9,12-13H2,1-2H3,(H,30,31,33)/t16-,22-/m0/s1. The molecule has 2 aliphatic heterocycles. The Hall–Kier alpha value is -3.18. The monoisotopic (exact) mass is 546 g/mol. The lowest BCUT2D eigenvalue weighted by Crippen LogP contribution is -2.44. The molecule has 9 nitrogen and oxygen atoms in total. The van der Waals surface area contributed by atoms with Gasteiger partial charge in [0.05, 0.1) is 36.1 Å². The zero-order chi connectivity index (χ0) is 26.6. The van der Waals surface area contributed by atoms with Crippen LogP contribution in [0, 0.1) is 5.92 Å². The van der Waals surface area contributed by atoms with Crippen molar-refractivity contribution in [3.63, 3.8) is 0 Å². The number of rotatable bonds is 6. The van der Waals surface area contributed by atoms with Crippen LogP contribution in [0.2, 0.25) is 5.02 Å². The SMILES string of the molecule is COC[C@@H]1CCCN1c1ncc(Cl)c(Nc2ccc3c(c2)c2c(c(=O)n3C)OCC(F)(F)[C@H](C3CC3)N2)n1. The van der Waals surface area contributed by atoms with Crippen molar-refractivity contribution in [3.8, 4) is 5.75 Å². The Morgan fingerprint density at radius 1 is 1.32 bits per heavy atom. The first-order valence-electron chi connectivity index (χ1n) is 12.8. The highest BCUT2D eigenvalue weighted by Crippen LogP contribution is 2.45. The van der Waals surface area contributed by atoms with Crippen molar-refractivity contribution in [1.29, 1.82) is 0 Å². The molecule has 38 heavy (non-hydrogen) atoms. The summed E-state index contributed by atoms with van der Waals surface area (Å²) in [6.07, 6.45) is 5.01. The highest BCUT2D eigenvalue weighted by molar-refractivity contribution is 6.33. The van der Waals surface area contributed by atoms with Gasteiger partial charge in [-0.05, 0) is 49.8 Å². The van der Waals surface area contributed by atoms with Gasteiger partial charge in [-0.2, -0.15) is 4.98 Å². The molecule has 1 aromatic carbocycles. The van der Waals surface area contributed by atoms with E-state index < -0.39 is 24.1 Å². The number of benzene rings is 1. The van der Waals surface area contributed by atoms with Crippen LogP contribution in [-0.2, 0) is 11.8 Å². The predicted octanol–water partition coefficient (Wildman–Crippen LogP) is 4.56. The Labute approximate surface area is 223 Å². The van der Waals surface area contributed by atoms with E-state index in [0.717, 1.165) is 32.2 Å². The number of methoxy groups -OCH3 is 1. The highest BCUT2D eigenvalue weighted by Gasteiger charge is 2.51. The molecule has 2 atom stereocenters. The largest absolute Gasteiger partial charge is 0.480 e. The second-order valence-electron chi connectivity index (χ2n) is 10.2. The number of anilines is 4. The summed E-state index contributed by atoms with van der Waals surface area (Å²) < 4.78 is 42.1. The van der Waals surface area contributed by atoms with E-state index in [4.69, 9.17) is 21.1 Å². The Morgan fingerprint density at radius 2 is 2.13 bits per heavy atom. The number of aryl methyl sites for hydroxylation is 1. The number of hydrogen-bond donors (Lipinski definition) is 2. The molecule has 12 heteroatoms. The maximum atomic E-state index is 14.9. The van der Waals surface area contributed by atoms with Gasteiger partial charge in [-0.25, -0.2) is 13.8 Å². The third-order valence-corrected chi connectivity index (χ3v) is 7.87. The molecule has 202 valence electrons. The lowest BCUT2D eigenvalue weighted by Gasteiger charge is -2.25. The molecule has 6 rings (SSSR count). The molecule has 1 saturated heterocycles. The van der Waals surface area contributed by atoms with Gasteiger partial charge in [0.25, 0.3) is 5.56 Å². The average Bonchev–Trinajstić information content (AvgIpc) is 3.65. The van der Waals surface area contributed by atoms with E-state index in [1.165, 1.54) is 4.57 Å². The van der Waals surface area contributed by atoms with Crippen molar-refractivity contribution >= 4 is 45.6 Å². The second kappa shape index (κ2) is 9.53. The first-order chi connectivity index (χ1) is 18.3. The minimum atomic E-state index is -3.10. The lowest BCUT2D eigenvalue weighted by molar-refractivity contribution is -0.0579. The molecule has 1 saturated carbocycles. The number of hydrogen-bond acceptors (Lipinski definition) is 8. The van der Waals surface area contributed by atoms with Gasteiger partial charge in [0.1, 0.15) is 5.02 Å². The zero-order valence-corrected chi connectivity index (χ0v) is 21.9. The van der Waals surface area contributed by atoms with Crippen LogP contribution in [-0.4, -0.2) is 59.4 Å². The second-order valence-corrected chi connectivity index (χ2v) is 10.7. The van der Waals surface area contributed by atoms with E-state index in [-0.39, 0.29) is 23.4 Å². The van der Waals surface area contributed by atoms with E-state index in [9.17, 15) is 13.6 Å². The maximum absolute atomic E-state index is 14.9. The molecular weight excluding hydrogens is 518 g/mol. The Morgan fingerprint density at radius 3 is 2.89 bits per heavy atom. The zero-order valence-electron chi connectivity index (χ0n) is 21.1. The molecule has 1 aliphatic carbocycles. The summed E-state index contributed by atoms with van der Waals surface area (Å²) in [4.78, 5) is 24.3. The van der Waals surface area contributed by atoms with Crippen molar-refractivity contribution in [2.75, 3.05) is 42.4 Å². The fourth-order valence-electron chi connectivity index (χ4n) is 5.47. The summed E-state index contributed by atoms with van der Waals surface area (Å²) >= 11 is 6.45. The molecule has 2 fully saturated rings. The van der Waals surface area contributed by atoms with Crippen molar-refractivity contribution in [1.82, 2.24) is 14.5 Å². The van der Waals surface area contributed by atoms with Crippen molar-refractivity contribution < 1.29 is 18.3 Å². The van der Waals surface area contributed by atoms with Crippen LogP contribution in [0.4, 0.5) is 31.9 Å². The quantitative estimate of drug-likeness (QED) is 0.465. The van der Waals surface area contributed by atoms with E-state index in [1.54, 1.807) is 38.6 Å². The van der Waals surface area contributed by atoms with E-state index in [0.29, 0.717) is 40.0 Å². The van der Waals surface area contributed by atoms with Crippen LogP contribution in [0.25, 0.3) is 10.9 Å². The van der Waals surface area contributed by atoms with Crippen LogP contribution in [0.1, 0.15) is 25.7 Å². The summed E-state index contributed by atoms with van der Waals surface area (Å²) in [5, 5.41) is 7.17. The minimum Gasteiger partial charge on any atom is -0.480 e. The van der Waals surface area contributed by atoms with Crippen LogP contribution in [0.15, 0.2) is 29.2 Å². The molecule has 0 spiro atoms. The number of nitrogens with zero attached hydrogens (tertiary/aromatic N) is 4. The van der Waals surface area contributed by atoms with Gasteiger partial charge in [0.2, 0.25) is 11.7 Å². The van der Waals surface area contributed by atoms with Gasteiger partial charge in [-0.3, -0.25) is 4.79 Å². The van der Waals surface area contributed by atoms with Crippen molar-refractivity contribution in [3.05, 3.63) is 39.8 Å². The number of pyridine rings is 1. The number of fused-ring (bicyclic) bond motifs is 3. The van der Waals surface area contributed by atoms with Crippen molar-refractivity contribution in [2.24, 2.45) is 13.0 Å². The fraction of sp³-hybridized carbons (Fsp3) is 0.500. The molecule has 2 aromatic heterocycles. The number of nitrogens with one attached hydrogen (secondary N) is 2. The van der Waals surface area contributed by atoms with Crippen molar-refractivity contribution in [2.45, 2.75) is 43.7 Å². The number of halogens is 3. The number of alkyl halides is 2. The van der Waals surface area contributed by atoms with Gasteiger partial charge in [0.15, 0.2) is 12.4 Å². The summed E-state index contributed by atoms with van der Waals surface area (Å²) in [5.41, 5.74) is 1.03. The van der Waals surface area contributed by atoms with Gasteiger partial charge in [-0.1, -0.05) is 11.6 Å². The molecule has 0 bridgehead atoms.